The Morgan fingerprint density at radius 3 is 2.80 bits per heavy atom. The minimum Gasteiger partial charge on any atom is -0.396 e. The highest BCUT2D eigenvalue weighted by atomic mass is 35.5. The lowest BCUT2D eigenvalue weighted by Crippen LogP contribution is -2.61. The number of likely N-dealkylation sites (N-methyl/N-ethyl adjacent to an activating group) is 1. The van der Waals surface area contributed by atoms with Crippen molar-refractivity contribution in [3.63, 3.8) is 0 Å². The molecule has 1 N–H and O–H groups in total. The second-order valence-electron chi connectivity index (χ2n) is 6.02. The smallest absolute Gasteiger partial charge is 0.225 e. The summed E-state index contributed by atoms with van der Waals surface area (Å²) in [5, 5.41) is 10.5. The van der Waals surface area contributed by atoms with Crippen LogP contribution in [0.1, 0.15) is 19.3 Å². The zero-order chi connectivity index (χ0) is 14.2. The zero-order valence-corrected chi connectivity index (χ0v) is 12.6. The third-order valence-electron chi connectivity index (χ3n) is 4.90. The molecular weight excluding hydrogens is 276 g/mol. The molecule has 0 aliphatic carbocycles. The van der Waals surface area contributed by atoms with Gasteiger partial charge >= 0.3 is 0 Å². The number of piperidine rings is 2. The van der Waals surface area contributed by atoms with E-state index in [1.807, 2.05) is 0 Å². The van der Waals surface area contributed by atoms with Crippen LogP contribution in [-0.2, 0) is 0 Å². The van der Waals surface area contributed by atoms with Gasteiger partial charge in [-0.15, -0.1) is 0 Å². The summed E-state index contributed by atoms with van der Waals surface area (Å²) in [6.45, 7) is 3.14. The molecule has 0 amide bonds. The van der Waals surface area contributed by atoms with Crippen molar-refractivity contribution in [2.45, 2.75) is 25.3 Å². The van der Waals surface area contributed by atoms with Gasteiger partial charge in [0.15, 0.2) is 0 Å². The van der Waals surface area contributed by atoms with Crippen LogP contribution in [0.15, 0.2) is 12.4 Å². The van der Waals surface area contributed by atoms with E-state index in [0.29, 0.717) is 11.1 Å². The van der Waals surface area contributed by atoms with Gasteiger partial charge in [0.2, 0.25) is 5.95 Å². The Kier molecular flexibility index (Phi) is 3.84. The number of fused-ring (bicyclic) bond motifs is 1. The van der Waals surface area contributed by atoms with Crippen LogP contribution >= 0.6 is 11.6 Å². The van der Waals surface area contributed by atoms with Crippen LogP contribution in [0.4, 0.5) is 5.95 Å². The fraction of sp³-hybridized carbons (Fsp3) is 0.714. The highest BCUT2D eigenvalue weighted by Gasteiger charge is 2.46. The molecule has 2 aliphatic heterocycles. The van der Waals surface area contributed by atoms with Crippen LogP contribution in [0.3, 0.4) is 0 Å². The Balaban J connectivity index is 1.81. The largest absolute Gasteiger partial charge is 0.396 e. The number of rotatable bonds is 2. The van der Waals surface area contributed by atoms with E-state index in [2.05, 4.69) is 26.8 Å². The predicted octanol–water partition coefficient (Wildman–Crippen LogP) is 1.41. The van der Waals surface area contributed by atoms with E-state index in [1.54, 1.807) is 12.4 Å². The van der Waals surface area contributed by atoms with Gasteiger partial charge in [0.1, 0.15) is 0 Å². The molecule has 2 aliphatic rings. The first kappa shape index (κ1) is 14.0. The molecule has 2 saturated heterocycles. The molecule has 2 fully saturated rings. The predicted molar refractivity (Wildman–Crippen MR) is 79.0 cm³/mol. The molecular formula is C14H21ClN4O. The van der Waals surface area contributed by atoms with Gasteiger partial charge in [-0.3, -0.25) is 0 Å². The van der Waals surface area contributed by atoms with Crippen molar-refractivity contribution < 1.29 is 5.11 Å². The number of aliphatic hydroxyl groups excluding tert-OH is 1. The van der Waals surface area contributed by atoms with Crippen LogP contribution in [0.2, 0.25) is 5.02 Å². The standard InChI is InChI=1S/C14H21ClN4O/c1-18-5-2-3-14(10-20)4-6-19(9-12(14)18)13-16-7-11(15)8-17-13/h7-8,12,20H,2-6,9-10H2,1H3/t12-,14-/m1/s1. The van der Waals surface area contributed by atoms with Crippen LogP contribution in [0, 0.1) is 5.41 Å². The number of hydrogen-bond acceptors (Lipinski definition) is 5. The van der Waals surface area contributed by atoms with Gasteiger partial charge in [-0.25, -0.2) is 9.97 Å². The third-order valence-corrected chi connectivity index (χ3v) is 5.10. The van der Waals surface area contributed by atoms with Crippen molar-refractivity contribution >= 4 is 17.5 Å². The maximum Gasteiger partial charge on any atom is 0.225 e. The Bertz CT molecular complexity index is 469. The molecule has 3 rings (SSSR count). The van der Waals surface area contributed by atoms with Gasteiger partial charge in [0, 0.05) is 24.5 Å². The number of hydrogen-bond donors (Lipinski definition) is 1. The normalized spacial score (nSPS) is 31.1. The van der Waals surface area contributed by atoms with E-state index in [4.69, 9.17) is 11.6 Å². The van der Waals surface area contributed by atoms with Crippen LogP contribution in [-0.4, -0.2) is 59.3 Å². The van der Waals surface area contributed by atoms with Crippen molar-refractivity contribution in [3.8, 4) is 0 Å². The number of aliphatic hydroxyl groups is 1. The lowest BCUT2D eigenvalue weighted by molar-refractivity contribution is -0.0278. The summed E-state index contributed by atoms with van der Waals surface area (Å²) in [5.41, 5.74) is 0.0515. The first-order chi connectivity index (χ1) is 9.64. The van der Waals surface area contributed by atoms with Crippen LogP contribution in [0.5, 0.6) is 0 Å². The van der Waals surface area contributed by atoms with Crippen molar-refractivity contribution in [1.29, 1.82) is 0 Å². The van der Waals surface area contributed by atoms with E-state index in [-0.39, 0.29) is 12.0 Å². The Hall–Kier alpha value is -0.910. The second-order valence-corrected chi connectivity index (χ2v) is 6.45. The van der Waals surface area contributed by atoms with E-state index >= 15 is 0 Å². The lowest BCUT2D eigenvalue weighted by atomic mass is 9.69. The molecule has 110 valence electrons. The van der Waals surface area contributed by atoms with E-state index < -0.39 is 0 Å². The quantitative estimate of drug-likeness (QED) is 0.894. The maximum absolute atomic E-state index is 9.89. The van der Waals surface area contributed by atoms with Gasteiger partial charge in [-0.1, -0.05) is 11.6 Å². The van der Waals surface area contributed by atoms with Gasteiger partial charge in [0.25, 0.3) is 0 Å². The van der Waals surface area contributed by atoms with Gasteiger partial charge in [0.05, 0.1) is 24.0 Å². The average Bonchev–Trinajstić information content (AvgIpc) is 2.48. The third kappa shape index (κ3) is 2.38. The van der Waals surface area contributed by atoms with Crippen molar-refractivity contribution in [2.75, 3.05) is 38.2 Å². The molecule has 6 heteroatoms. The highest BCUT2D eigenvalue weighted by molar-refractivity contribution is 6.30. The molecule has 3 heterocycles. The first-order valence-electron chi connectivity index (χ1n) is 7.18. The minimum atomic E-state index is 0.0515. The second kappa shape index (κ2) is 5.47. The number of anilines is 1. The van der Waals surface area contributed by atoms with Gasteiger partial charge in [-0.05, 0) is 32.9 Å². The summed E-state index contributed by atoms with van der Waals surface area (Å²) in [5.74, 6) is 0.736. The maximum atomic E-state index is 9.89. The molecule has 0 radical (unpaired) electrons. The summed E-state index contributed by atoms with van der Waals surface area (Å²) in [4.78, 5) is 13.2. The highest BCUT2D eigenvalue weighted by Crippen LogP contribution is 2.41. The fourth-order valence-corrected chi connectivity index (χ4v) is 3.76. The minimum absolute atomic E-state index is 0.0515. The molecule has 0 spiro atoms. The fourth-order valence-electron chi connectivity index (χ4n) is 3.67. The van der Waals surface area contributed by atoms with Crippen molar-refractivity contribution in [1.82, 2.24) is 14.9 Å². The van der Waals surface area contributed by atoms with Crippen LogP contribution in [0.25, 0.3) is 0 Å². The number of nitrogens with zero attached hydrogens (tertiary/aromatic N) is 4. The van der Waals surface area contributed by atoms with E-state index in [9.17, 15) is 5.11 Å². The Labute approximate surface area is 124 Å². The van der Waals surface area contributed by atoms with Gasteiger partial charge in [-0.2, -0.15) is 0 Å². The Morgan fingerprint density at radius 1 is 1.35 bits per heavy atom. The summed E-state index contributed by atoms with van der Waals surface area (Å²) < 4.78 is 0. The average molecular weight is 297 g/mol. The van der Waals surface area contributed by atoms with Crippen molar-refractivity contribution in [3.05, 3.63) is 17.4 Å². The van der Waals surface area contributed by atoms with Gasteiger partial charge < -0.3 is 14.9 Å². The molecule has 2 atom stereocenters. The number of halogens is 1. The monoisotopic (exact) mass is 296 g/mol. The summed E-state index contributed by atoms with van der Waals surface area (Å²) in [6, 6.07) is 0.370. The first-order valence-corrected chi connectivity index (χ1v) is 7.56. The zero-order valence-electron chi connectivity index (χ0n) is 11.8. The van der Waals surface area contributed by atoms with E-state index in [1.165, 1.54) is 6.42 Å². The number of aromatic nitrogens is 2. The van der Waals surface area contributed by atoms with Crippen LogP contribution < -0.4 is 4.90 Å². The molecule has 0 aromatic carbocycles. The Morgan fingerprint density at radius 2 is 2.10 bits per heavy atom. The molecule has 1 aromatic heterocycles. The summed E-state index contributed by atoms with van der Waals surface area (Å²) >= 11 is 5.84. The summed E-state index contributed by atoms with van der Waals surface area (Å²) in [6.07, 6.45) is 6.56. The SMILES string of the molecule is CN1CCC[C@]2(CO)CCN(c3ncc(Cl)cn3)C[C@@H]12. The molecule has 20 heavy (non-hydrogen) atoms. The molecule has 0 unspecified atom stereocenters. The summed E-state index contributed by atoms with van der Waals surface area (Å²) in [7, 11) is 2.15. The molecule has 0 bridgehead atoms. The topological polar surface area (TPSA) is 52.5 Å². The van der Waals surface area contributed by atoms with E-state index in [0.717, 1.165) is 38.4 Å². The van der Waals surface area contributed by atoms with Crippen molar-refractivity contribution in [2.24, 2.45) is 5.41 Å². The molecule has 1 aromatic rings. The lowest BCUT2D eigenvalue weighted by Gasteiger charge is -2.53. The number of likely N-dealkylation sites (tertiary alicyclic amines) is 1. The molecule has 0 saturated carbocycles. The molecule has 5 nitrogen and oxygen atoms in total.